The third-order valence-electron chi connectivity index (χ3n) is 4.90. The summed E-state index contributed by atoms with van der Waals surface area (Å²) in [5.74, 6) is 3.98. The second kappa shape index (κ2) is 10.3. The minimum Gasteiger partial charge on any atom is -0.494 e. The highest BCUT2D eigenvalue weighted by Crippen LogP contribution is 2.38. The number of anilines is 1. The molecule has 0 aliphatic rings. The van der Waals surface area contributed by atoms with Crippen molar-refractivity contribution in [3.63, 3.8) is 0 Å². The lowest BCUT2D eigenvalue weighted by Crippen LogP contribution is -2.07. The molecule has 2 heterocycles. The van der Waals surface area contributed by atoms with Crippen molar-refractivity contribution < 1.29 is 18.3 Å². The molecule has 0 radical (unpaired) electrons. The number of furan rings is 1. The van der Waals surface area contributed by atoms with E-state index in [9.17, 15) is 4.39 Å². The van der Waals surface area contributed by atoms with Crippen LogP contribution in [0.5, 0.6) is 11.5 Å². The Morgan fingerprint density at radius 3 is 2.48 bits per heavy atom. The van der Waals surface area contributed by atoms with Crippen molar-refractivity contribution in [2.24, 2.45) is 0 Å². The summed E-state index contributed by atoms with van der Waals surface area (Å²) < 4.78 is 36.2. The van der Waals surface area contributed by atoms with E-state index in [0.29, 0.717) is 34.7 Å². The van der Waals surface area contributed by atoms with E-state index < -0.39 is 0 Å². The van der Waals surface area contributed by atoms with Gasteiger partial charge in [0.2, 0.25) is 11.8 Å². The van der Waals surface area contributed by atoms with Gasteiger partial charge in [0.15, 0.2) is 5.76 Å². The highest BCUT2D eigenvalue weighted by Gasteiger charge is 2.24. The van der Waals surface area contributed by atoms with Gasteiger partial charge in [-0.2, -0.15) is 0 Å². The first kappa shape index (κ1) is 23.2. The fourth-order valence-electron chi connectivity index (χ4n) is 3.33. The third kappa shape index (κ3) is 5.01. The molecule has 10 heteroatoms. The number of nitrogens with zero attached hydrogens (tertiary/aromatic N) is 3. The van der Waals surface area contributed by atoms with Crippen molar-refractivity contribution in [3.05, 3.63) is 70.1 Å². The average Bonchev–Trinajstić information content (AvgIpc) is 3.43. The Labute approximate surface area is 203 Å². The quantitative estimate of drug-likeness (QED) is 0.207. The van der Waals surface area contributed by atoms with Crippen LogP contribution in [0.3, 0.4) is 0 Å². The molecule has 2 aromatic carbocycles. The van der Waals surface area contributed by atoms with Gasteiger partial charge in [-0.15, -0.1) is 10.2 Å². The molecule has 0 bridgehead atoms. The molecule has 172 valence electrons. The zero-order valence-electron chi connectivity index (χ0n) is 18.3. The second-order valence-electron chi connectivity index (χ2n) is 7.04. The number of aryl methyl sites for hydroxylation is 2. The smallest absolute Gasteiger partial charge is 0.239 e. The van der Waals surface area contributed by atoms with Gasteiger partial charge in [-0.05, 0) is 67.3 Å². The van der Waals surface area contributed by atoms with Crippen molar-refractivity contribution in [1.29, 1.82) is 0 Å². The average molecular weight is 533 g/mol. The van der Waals surface area contributed by atoms with E-state index in [1.54, 1.807) is 20.3 Å². The van der Waals surface area contributed by atoms with Crippen LogP contribution in [0, 0.1) is 12.7 Å². The highest BCUT2D eigenvalue weighted by molar-refractivity contribution is 9.10. The van der Waals surface area contributed by atoms with E-state index >= 15 is 0 Å². The largest absolute Gasteiger partial charge is 0.494 e. The molecule has 4 aromatic rings. The van der Waals surface area contributed by atoms with E-state index in [4.69, 9.17) is 13.9 Å². The number of benzene rings is 2. The Balaban J connectivity index is 1.65. The summed E-state index contributed by atoms with van der Waals surface area (Å²) >= 11 is 4.88. The molecular formula is C23H22BrFN4O3S. The number of hydrogen-bond donors (Lipinski definition) is 1. The zero-order chi connectivity index (χ0) is 23.4. The first-order valence-corrected chi connectivity index (χ1v) is 11.8. The van der Waals surface area contributed by atoms with Gasteiger partial charge in [-0.3, -0.25) is 9.29 Å². The van der Waals surface area contributed by atoms with Gasteiger partial charge >= 0.3 is 0 Å². The van der Waals surface area contributed by atoms with Crippen LogP contribution in [0.25, 0.3) is 17.3 Å². The van der Waals surface area contributed by atoms with Gasteiger partial charge in [-0.25, -0.2) is 4.39 Å². The number of nitrogens with one attached hydrogen (secondary N) is 1. The Kier molecular flexibility index (Phi) is 7.24. The van der Waals surface area contributed by atoms with Crippen LogP contribution < -0.4 is 14.2 Å². The van der Waals surface area contributed by atoms with Gasteiger partial charge in [0.05, 0.1) is 14.2 Å². The van der Waals surface area contributed by atoms with Crippen molar-refractivity contribution in [1.82, 2.24) is 14.8 Å². The third-order valence-corrected chi connectivity index (χ3v) is 6.37. The number of aromatic nitrogens is 3. The normalized spacial score (nSPS) is 10.9. The van der Waals surface area contributed by atoms with Crippen LogP contribution in [0.1, 0.15) is 11.3 Å². The van der Waals surface area contributed by atoms with E-state index in [1.807, 2.05) is 41.8 Å². The van der Waals surface area contributed by atoms with Gasteiger partial charge < -0.3 is 13.9 Å². The SMILES string of the molecule is COc1cccc(OC)c1-n1c(NSCCc2ccc(F)cc2Br)nnc1-c1ccc(C)o1. The number of methoxy groups -OCH3 is 2. The maximum absolute atomic E-state index is 13.3. The van der Waals surface area contributed by atoms with Crippen LogP contribution in [-0.2, 0) is 6.42 Å². The lowest BCUT2D eigenvalue weighted by molar-refractivity contribution is 0.391. The van der Waals surface area contributed by atoms with Crippen LogP contribution in [-0.4, -0.2) is 34.7 Å². The monoisotopic (exact) mass is 532 g/mol. The molecule has 2 aromatic heterocycles. The molecule has 33 heavy (non-hydrogen) atoms. The van der Waals surface area contributed by atoms with E-state index in [2.05, 4.69) is 30.8 Å². The van der Waals surface area contributed by atoms with Crippen molar-refractivity contribution >= 4 is 33.8 Å². The minimum absolute atomic E-state index is 0.268. The maximum atomic E-state index is 13.3. The Morgan fingerprint density at radius 1 is 1.09 bits per heavy atom. The molecule has 4 rings (SSSR count). The summed E-state index contributed by atoms with van der Waals surface area (Å²) in [6.07, 6.45) is 0.731. The number of ether oxygens (including phenoxy) is 2. The van der Waals surface area contributed by atoms with Crippen molar-refractivity contribution in [3.8, 4) is 28.8 Å². The topological polar surface area (TPSA) is 74.3 Å². The van der Waals surface area contributed by atoms with Crippen LogP contribution in [0.15, 0.2) is 57.4 Å². The molecular weight excluding hydrogens is 511 g/mol. The lowest BCUT2D eigenvalue weighted by Gasteiger charge is -2.17. The summed E-state index contributed by atoms with van der Waals surface area (Å²) in [7, 11) is 3.20. The van der Waals surface area contributed by atoms with Crippen LogP contribution in [0.2, 0.25) is 0 Å². The number of hydrogen-bond acceptors (Lipinski definition) is 7. The van der Waals surface area contributed by atoms with Crippen molar-refractivity contribution in [2.45, 2.75) is 13.3 Å². The fraction of sp³-hybridized carbons (Fsp3) is 0.217. The molecule has 0 saturated heterocycles. The summed E-state index contributed by atoms with van der Waals surface area (Å²) in [5, 5.41) is 8.72. The summed E-state index contributed by atoms with van der Waals surface area (Å²) in [6.45, 7) is 1.87. The molecule has 1 N–H and O–H groups in total. The highest BCUT2D eigenvalue weighted by atomic mass is 79.9. The number of para-hydroxylation sites is 1. The predicted octanol–water partition coefficient (Wildman–Crippen LogP) is 6.06. The first-order chi connectivity index (χ1) is 16.0. The molecule has 7 nitrogen and oxygen atoms in total. The number of rotatable bonds is 9. The van der Waals surface area contributed by atoms with Gasteiger partial charge in [0, 0.05) is 10.2 Å². The van der Waals surface area contributed by atoms with Gasteiger partial charge in [0.1, 0.15) is 28.8 Å². The molecule has 0 amide bonds. The Morgan fingerprint density at radius 2 is 1.85 bits per heavy atom. The molecule has 0 saturated carbocycles. The minimum atomic E-state index is -0.268. The van der Waals surface area contributed by atoms with Crippen molar-refractivity contribution in [2.75, 3.05) is 24.7 Å². The summed E-state index contributed by atoms with van der Waals surface area (Å²) in [4.78, 5) is 0. The molecule has 0 fully saturated rings. The van der Waals surface area contributed by atoms with Crippen LogP contribution >= 0.6 is 27.9 Å². The standard InChI is InChI=1S/C23H22BrFN4O3S/c1-14-7-10-20(32-14)22-26-27-23(28-33-12-11-15-8-9-16(25)13-17(15)24)29(22)21-18(30-2)5-4-6-19(21)31-3/h4-10,13H,11-12H2,1-3H3,(H,27,28). The Hall–Kier alpha value is -2.98. The van der Waals surface area contributed by atoms with E-state index in [0.717, 1.165) is 28.0 Å². The molecule has 0 aliphatic carbocycles. The second-order valence-corrected chi connectivity index (χ2v) is 8.80. The van der Waals surface area contributed by atoms with E-state index in [1.165, 1.54) is 24.1 Å². The summed E-state index contributed by atoms with van der Waals surface area (Å²) in [5.41, 5.74) is 1.67. The molecule has 0 unspecified atom stereocenters. The Bertz CT molecular complexity index is 1240. The van der Waals surface area contributed by atoms with Gasteiger partial charge in [-0.1, -0.05) is 28.1 Å². The fourth-order valence-corrected chi connectivity index (χ4v) is 4.56. The lowest BCUT2D eigenvalue weighted by atomic mass is 10.2. The predicted molar refractivity (Wildman–Crippen MR) is 131 cm³/mol. The number of halogens is 2. The zero-order valence-corrected chi connectivity index (χ0v) is 20.7. The summed E-state index contributed by atoms with van der Waals surface area (Å²) in [6, 6.07) is 14.0. The maximum Gasteiger partial charge on any atom is 0.239 e. The molecule has 0 aliphatic heterocycles. The first-order valence-electron chi connectivity index (χ1n) is 10.1. The van der Waals surface area contributed by atoms with Gasteiger partial charge in [0.25, 0.3) is 0 Å². The van der Waals surface area contributed by atoms with E-state index in [-0.39, 0.29) is 5.82 Å². The molecule has 0 spiro atoms. The molecule has 0 atom stereocenters. The van der Waals surface area contributed by atoms with Crippen LogP contribution in [0.4, 0.5) is 10.3 Å².